The van der Waals surface area contributed by atoms with Crippen LogP contribution in [0.25, 0.3) is 0 Å². The molecule has 1 N–H and O–H groups in total. The number of carbonyl (C=O) groups excluding carboxylic acids is 1. The molecule has 4 heteroatoms. The fourth-order valence-corrected chi connectivity index (χ4v) is 1.61. The molecule has 1 aromatic carbocycles. The Morgan fingerprint density at radius 1 is 1.24 bits per heavy atom. The van der Waals surface area contributed by atoms with E-state index in [0.717, 1.165) is 12.0 Å². The zero-order chi connectivity index (χ0) is 12.8. The van der Waals surface area contributed by atoms with Gasteiger partial charge in [-0.3, -0.25) is 4.79 Å². The zero-order valence-corrected chi connectivity index (χ0v) is 10.8. The molecule has 0 radical (unpaired) electrons. The lowest BCUT2D eigenvalue weighted by Crippen LogP contribution is -2.11. The molecule has 0 saturated carbocycles. The number of amides is 1. The molecule has 94 valence electrons. The van der Waals surface area contributed by atoms with Crippen molar-refractivity contribution in [3.63, 3.8) is 0 Å². The van der Waals surface area contributed by atoms with Crippen LogP contribution in [0.15, 0.2) is 12.1 Å². The molecule has 1 amide bonds. The van der Waals surface area contributed by atoms with Crippen LogP contribution in [-0.2, 0) is 4.79 Å². The highest BCUT2D eigenvalue weighted by molar-refractivity contribution is 5.91. The number of rotatable bonds is 5. The summed E-state index contributed by atoms with van der Waals surface area (Å²) in [6.45, 7) is 3.88. The highest BCUT2D eigenvalue weighted by Crippen LogP contribution is 2.31. The highest BCUT2D eigenvalue weighted by atomic mass is 16.5. The van der Waals surface area contributed by atoms with E-state index in [-0.39, 0.29) is 5.91 Å². The van der Waals surface area contributed by atoms with Crippen LogP contribution in [0.1, 0.15) is 25.3 Å². The van der Waals surface area contributed by atoms with E-state index >= 15 is 0 Å². The molecule has 0 spiro atoms. The summed E-state index contributed by atoms with van der Waals surface area (Å²) >= 11 is 0. The van der Waals surface area contributed by atoms with Crippen LogP contribution in [-0.4, -0.2) is 20.1 Å². The molecule has 0 heterocycles. The van der Waals surface area contributed by atoms with E-state index in [1.54, 1.807) is 26.4 Å². The number of benzene rings is 1. The van der Waals surface area contributed by atoms with Gasteiger partial charge in [0.1, 0.15) is 11.5 Å². The van der Waals surface area contributed by atoms with Crippen LogP contribution in [0.4, 0.5) is 5.69 Å². The van der Waals surface area contributed by atoms with Gasteiger partial charge in [-0.25, -0.2) is 0 Å². The Balaban J connectivity index is 2.96. The van der Waals surface area contributed by atoms with Gasteiger partial charge < -0.3 is 14.8 Å². The van der Waals surface area contributed by atoms with Gasteiger partial charge in [-0.2, -0.15) is 0 Å². The number of ether oxygens (including phenoxy) is 2. The summed E-state index contributed by atoms with van der Waals surface area (Å²) in [6, 6.07) is 3.59. The average molecular weight is 237 g/mol. The summed E-state index contributed by atoms with van der Waals surface area (Å²) in [5.41, 5.74) is 1.62. The lowest BCUT2D eigenvalue weighted by molar-refractivity contribution is -0.116. The van der Waals surface area contributed by atoms with Crippen LogP contribution in [0.3, 0.4) is 0 Å². The molecule has 1 aromatic rings. The fourth-order valence-electron chi connectivity index (χ4n) is 1.61. The Morgan fingerprint density at radius 3 is 2.18 bits per heavy atom. The van der Waals surface area contributed by atoms with Crippen molar-refractivity contribution in [2.45, 2.75) is 26.7 Å². The molecule has 0 bridgehead atoms. The molecule has 0 aliphatic heterocycles. The standard InChI is InChI=1S/C13H19NO3/c1-5-6-13(15)14-10-7-11(16-3)9(2)12(8-10)17-4/h7-8H,5-6H2,1-4H3,(H,14,15). The molecule has 0 unspecified atom stereocenters. The molecule has 0 atom stereocenters. The lowest BCUT2D eigenvalue weighted by atomic mass is 10.1. The molecule has 0 saturated heterocycles. The van der Waals surface area contributed by atoms with Gasteiger partial charge in [-0.1, -0.05) is 6.92 Å². The summed E-state index contributed by atoms with van der Waals surface area (Å²) < 4.78 is 10.5. The summed E-state index contributed by atoms with van der Waals surface area (Å²) in [5.74, 6) is 1.41. The third-order valence-corrected chi connectivity index (χ3v) is 2.51. The Kier molecular flexibility index (Phi) is 4.82. The molecule has 4 nitrogen and oxygen atoms in total. The third-order valence-electron chi connectivity index (χ3n) is 2.51. The third kappa shape index (κ3) is 3.37. The predicted molar refractivity (Wildman–Crippen MR) is 67.8 cm³/mol. The van der Waals surface area contributed by atoms with Crippen LogP contribution < -0.4 is 14.8 Å². The lowest BCUT2D eigenvalue weighted by Gasteiger charge is -2.13. The predicted octanol–water partition coefficient (Wildman–Crippen LogP) is 2.75. The molecule has 17 heavy (non-hydrogen) atoms. The van der Waals surface area contributed by atoms with Crippen molar-refractivity contribution in [3.05, 3.63) is 17.7 Å². The first-order valence-corrected chi connectivity index (χ1v) is 5.64. The van der Waals surface area contributed by atoms with Crippen molar-refractivity contribution in [2.75, 3.05) is 19.5 Å². The Hall–Kier alpha value is -1.71. The van der Waals surface area contributed by atoms with Gasteiger partial charge in [-0.15, -0.1) is 0 Å². The minimum absolute atomic E-state index is 0.000425. The van der Waals surface area contributed by atoms with Crippen molar-refractivity contribution in [1.82, 2.24) is 0 Å². The maximum Gasteiger partial charge on any atom is 0.224 e. The van der Waals surface area contributed by atoms with E-state index in [1.165, 1.54) is 0 Å². The second-order valence-corrected chi connectivity index (χ2v) is 3.80. The quantitative estimate of drug-likeness (QED) is 0.856. The molecule has 1 rings (SSSR count). The Bertz CT molecular complexity index is 377. The second kappa shape index (κ2) is 6.13. The van der Waals surface area contributed by atoms with Gasteiger partial charge in [-0.05, 0) is 13.3 Å². The van der Waals surface area contributed by atoms with Crippen LogP contribution in [0.5, 0.6) is 11.5 Å². The monoisotopic (exact) mass is 237 g/mol. The number of carbonyl (C=O) groups is 1. The van der Waals surface area contributed by atoms with Crippen molar-refractivity contribution >= 4 is 11.6 Å². The maximum absolute atomic E-state index is 11.5. The van der Waals surface area contributed by atoms with Crippen LogP contribution >= 0.6 is 0 Å². The second-order valence-electron chi connectivity index (χ2n) is 3.80. The van der Waals surface area contributed by atoms with E-state index in [2.05, 4.69) is 5.32 Å². The van der Waals surface area contributed by atoms with Gasteiger partial charge in [0.2, 0.25) is 5.91 Å². The normalized spacial score (nSPS) is 9.88. The first kappa shape index (κ1) is 13.4. The van der Waals surface area contributed by atoms with E-state index < -0.39 is 0 Å². The summed E-state index contributed by atoms with van der Waals surface area (Å²) in [6.07, 6.45) is 1.34. The number of methoxy groups -OCH3 is 2. The van der Waals surface area contributed by atoms with Crippen molar-refractivity contribution in [1.29, 1.82) is 0 Å². The minimum atomic E-state index is 0.000425. The number of hydrogen-bond donors (Lipinski definition) is 1. The van der Waals surface area contributed by atoms with Crippen LogP contribution in [0.2, 0.25) is 0 Å². The van der Waals surface area contributed by atoms with Gasteiger partial charge in [0.05, 0.1) is 14.2 Å². The molecule has 0 aromatic heterocycles. The zero-order valence-electron chi connectivity index (χ0n) is 10.8. The van der Waals surface area contributed by atoms with Gasteiger partial charge in [0.15, 0.2) is 0 Å². The Morgan fingerprint density at radius 2 is 1.76 bits per heavy atom. The minimum Gasteiger partial charge on any atom is -0.496 e. The van der Waals surface area contributed by atoms with Gasteiger partial charge in [0.25, 0.3) is 0 Å². The first-order valence-electron chi connectivity index (χ1n) is 5.64. The van der Waals surface area contributed by atoms with Gasteiger partial charge in [0, 0.05) is 29.8 Å². The van der Waals surface area contributed by atoms with Gasteiger partial charge >= 0.3 is 0 Å². The average Bonchev–Trinajstić information content (AvgIpc) is 2.31. The largest absolute Gasteiger partial charge is 0.496 e. The molecule has 0 aliphatic carbocycles. The Labute approximate surface area is 102 Å². The number of anilines is 1. The van der Waals surface area contributed by atoms with E-state index in [4.69, 9.17) is 9.47 Å². The van der Waals surface area contributed by atoms with Crippen molar-refractivity contribution in [2.24, 2.45) is 0 Å². The maximum atomic E-state index is 11.5. The van der Waals surface area contributed by atoms with E-state index in [1.807, 2.05) is 13.8 Å². The number of hydrogen-bond acceptors (Lipinski definition) is 3. The molecule has 0 fully saturated rings. The first-order chi connectivity index (χ1) is 8.12. The SMILES string of the molecule is CCCC(=O)Nc1cc(OC)c(C)c(OC)c1. The molecule has 0 aliphatic rings. The van der Waals surface area contributed by atoms with Crippen molar-refractivity contribution < 1.29 is 14.3 Å². The highest BCUT2D eigenvalue weighted by Gasteiger charge is 2.09. The molecular weight excluding hydrogens is 218 g/mol. The van der Waals surface area contributed by atoms with E-state index in [0.29, 0.717) is 23.6 Å². The smallest absolute Gasteiger partial charge is 0.224 e. The molecular formula is C13H19NO3. The summed E-state index contributed by atoms with van der Waals surface area (Å²) in [4.78, 5) is 11.5. The fraction of sp³-hybridized carbons (Fsp3) is 0.462. The van der Waals surface area contributed by atoms with E-state index in [9.17, 15) is 4.79 Å². The number of nitrogens with one attached hydrogen (secondary N) is 1. The summed E-state index contributed by atoms with van der Waals surface area (Å²) in [5, 5.41) is 2.82. The van der Waals surface area contributed by atoms with Crippen molar-refractivity contribution in [3.8, 4) is 11.5 Å². The summed E-state index contributed by atoms with van der Waals surface area (Å²) in [7, 11) is 3.19. The topological polar surface area (TPSA) is 47.6 Å². The van der Waals surface area contributed by atoms with Crippen LogP contribution in [0, 0.1) is 6.92 Å².